The molecule has 5 heteroatoms. The summed E-state index contributed by atoms with van der Waals surface area (Å²) < 4.78 is 7.82. The van der Waals surface area contributed by atoms with Crippen molar-refractivity contribution in [3.05, 3.63) is 187 Å². The first-order valence-electron chi connectivity index (χ1n) is 18.7. The molecule has 0 aliphatic carbocycles. The van der Waals surface area contributed by atoms with Crippen molar-refractivity contribution < 1.29 is 24.5 Å². The Kier molecular flexibility index (Phi) is 11.6. The SMILES string of the molecule is Cc1cc(-c2[c-]ccc3c2oc2cc(-c4ccccc4)ccc23)ncc1-c1ccccc1.Cc1cc(-c2cc[c]([Ge]([CH3])([CH3])[CH3])cn2)[c-]cc1-c1ccccc1.[Ir]. The van der Waals surface area contributed by atoms with Gasteiger partial charge in [0.1, 0.15) is 5.58 Å². The Labute approximate surface area is 346 Å². The molecule has 6 aromatic carbocycles. The Bertz CT molecular complexity index is 2740. The van der Waals surface area contributed by atoms with Crippen LogP contribution in [0.4, 0.5) is 0 Å². The molecule has 3 heterocycles. The number of hydrogen-bond acceptors (Lipinski definition) is 3. The maximum atomic E-state index is 6.38. The van der Waals surface area contributed by atoms with Crippen LogP contribution in [0.3, 0.4) is 0 Å². The van der Waals surface area contributed by atoms with Gasteiger partial charge in [-0.25, -0.2) is 0 Å². The minimum absolute atomic E-state index is 0. The Morgan fingerprint density at radius 2 is 1.16 bits per heavy atom. The maximum absolute atomic E-state index is 6.38. The molecule has 9 rings (SSSR count). The fraction of sp³-hybridized carbons (Fsp3) is 0.0980. The van der Waals surface area contributed by atoms with Gasteiger partial charge in [-0.2, -0.15) is 0 Å². The predicted octanol–water partition coefficient (Wildman–Crippen LogP) is 13.2. The summed E-state index contributed by atoms with van der Waals surface area (Å²) in [7, 11) is 0. The van der Waals surface area contributed by atoms with Crippen molar-refractivity contribution in [2.24, 2.45) is 0 Å². The van der Waals surface area contributed by atoms with Crippen molar-refractivity contribution in [2.75, 3.05) is 0 Å². The number of furan rings is 1. The molecule has 9 aromatic rings. The molecule has 0 amide bonds. The monoisotopic (exact) mass is 965 g/mol. The largest absolute Gasteiger partial charge is 0 e. The van der Waals surface area contributed by atoms with Gasteiger partial charge in [0, 0.05) is 37.3 Å². The Balaban J connectivity index is 0.000000178. The van der Waals surface area contributed by atoms with Crippen LogP contribution in [0, 0.1) is 26.0 Å². The van der Waals surface area contributed by atoms with Gasteiger partial charge in [-0.05, 0) is 40.9 Å². The van der Waals surface area contributed by atoms with Crippen molar-refractivity contribution in [2.45, 2.75) is 31.1 Å². The fourth-order valence-electron chi connectivity index (χ4n) is 7.03. The number of pyridine rings is 2. The van der Waals surface area contributed by atoms with Crippen LogP contribution in [0.1, 0.15) is 11.1 Å². The van der Waals surface area contributed by atoms with Crippen LogP contribution in [0.2, 0.25) is 17.3 Å². The van der Waals surface area contributed by atoms with E-state index >= 15 is 0 Å². The number of rotatable bonds is 6. The van der Waals surface area contributed by atoms with Crippen molar-refractivity contribution in [3.8, 4) is 55.9 Å². The molecule has 277 valence electrons. The standard InChI is InChI=1S/C30H20NO.C21H22GeN.Ir/c1-20-17-28(31-19-27(20)22-11-6-3-7-12-22)26-14-8-13-25-24-16-15-23(18-29(24)32-30(25)26)21-9-4-2-5-10-21;1-16-14-18(10-12-20(16)17-8-6-5-7-9-17)21-13-11-19(15-23-21)22(2,3)4;/h2-13,15-19H,1H3;5-9,11-15H,1-4H3;/q2*-1;. The third-order valence-electron chi connectivity index (χ3n) is 10.1. The zero-order valence-electron chi connectivity index (χ0n) is 32.2. The number of benzene rings is 6. The number of nitrogens with zero attached hydrogens (tertiary/aromatic N) is 2. The third kappa shape index (κ3) is 8.24. The van der Waals surface area contributed by atoms with E-state index < -0.39 is 13.3 Å². The van der Waals surface area contributed by atoms with E-state index in [1.807, 2.05) is 30.5 Å². The van der Waals surface area contributed by atoms with E-state index in [2.05, 4.69) is 182 Å². The summed E-state index contributed by atoms with van der Waals surface area (Å²) in [5.74, 6) is 7.17. The zero-order chi connectivity index (χ0) is 37.9. The molecule has 0 bridgehead atoms. The van der Waals surface area contributed by atoms with Gasteiger partial charge < -0.3 is 9.40 Å². The van der Waals surface area contributed by atoms with Crippen molar-refractivity contribution in [1.29, 1.82) is 0 Å². The van der Waals surface area contributed by atoms with Gasteiger partial charge in [-0.15, -0.1) is 18.2 Å². The molecule has 0 atom stereocenters. The van der Waals surface area contributed by atoms with Crippen LogP contribution in [-0.2, 0) is 20.1 Å². The Hall–Kier alpha value is -5.39. The molecular formula is C51H42GeIrN2O-2. The van der Waals surface area contributed by atoms with E-state index in [1.165, 1.54) is 37.8 Å². The number of fused-ring (bicyclic) bond motifs is 3. The second kappa shape index (κ2) is 16.8. The quantitative estimate of drug-likeness (QED) is 0.123. The molecule has 0 saturated heterocycles. The molecule has 1 radical (unpaired) electrons. The topological polar surface area (TPSA) is 38.9 Å². The van der Waals surface area contributed by atoms with Crippen LogP contribution < -0.4 is 4.40 Å². The predicted molar refractivity (Wildman–Crippen MR) is 233 cm³/mol. The summed E-state index contributed by atoms with van der Waals surface area (Å²) >= 11 is -1.79. The molecule has 56 heavy (non-hydrogen) atoms. The molecule has 3 aromatic heterocycles. The van der Waals surface area contributed by atoms with Crippen molar-refractivity contribution >= 4 is 39.6 Å². The maximum Gasteiger partial charge on any atom is 0 e. The van der Waals surface area contributed by atoms with Crippen LogP contribution in [0.25, 0.3) is 77.8 Å². The molecule has 3 nitrogen and oxygen atoms in total. The van der Waals surface area contributed by atoms with E-state index in [4.69, 9.17) is 9.40 Å². The first kappa shape index (κ1) is 38.9. The minimum Gasteiger partial charge on any atom is 0 e. The summed E-state index contributed by atoms with van der Waals surface area (Å²) in [5, 5.41) is 2.19. The summed E-state index contributed by atoms with van der Waals surface area (Å²) in [6, 6.07) is 59.2. The Morgan fingerprint density at radius 3 is 1.77 bits per heavy atom. The van der Waals surface area contributed by atoms with E-state index in [0.29, 0.717) is 0 Å². The van der Waals surface area contributed by atoms with Gasteiger partial charge >= 0.3 is 142 Å². The second-order valence-electron chi connectivity index (χ2n) is 15.0. The van der Waals surface area contributed by atoms with E-state index in [1.54, 1.807) is 0 Å². The summed E-state index contributed by atoms with van der Waals surface area (Å²) in [4.78, 5) is 9.45. The van der Waals surface area contributed by atoms with Gasteiger partial charge in [0.15, 0.2) is 0 Å². The minimum atomic E-state index is -1.79. The summed E-state index contributed by atoms with van der Waals surface area (Å²) in [6.07, 6.45) is 4.01. The van der Waals surface area contributed by atoms with E-state index in [-0.39, 0.29) is 20.1 Å². The first-order chi connectivity index (χ1) is 26.7. The number of aromatic nitrogens is 2. The van der Waals surface area contributed by atoms with Crippen LogP contribution in [0.15, 0.2) is 168 Å². The molecule has 0 saturated carbocycles. The van der Waals surface area contributed by atoms with Gasteiger partial charge in [0.25, 0.3) is 0 Å². The van der Waals surface area contributed by atoms with Gasteiger partial charge in [0.05, 0.1) is 5.58 Å². The smallest absolute Gasteiger partial charge is 0 e. The molecule has 0 aliphatic heterocycles. The zero-order valence-corrected chi connectivity index (χ0v) is 36.7. The molecule has 0 unspecified atom stereocenters. The number of aryl methyl sites for hydroxylation is 2. The first-order valence-corrected chi connectivity index (χ1v) is 26.1. The average Bonchev–Trinajstić information content (AvgIpc) is 3.60. The normalized spacial score (nSPS) is 11.2. The van der Waals surface area contributed by atoms with Crippen molar-refractivity contribution in [3.63, 3.8) is 0 Å². The molecular weight excluding hydrogens is 921 g/mol. The van der Waals surface area contributed by atoms with Gasteiger partial charge in [-0.1, -0.05) is 89.8 Å². The van der Waals surface area contributed by atoms with Gasteiger partial charge in [-0.3, -0.25) is 0 Å². The molecule has 0 N–H and O–H groups in total. The third-order valence-corrected chi connectivity index (χ3v) is 14.4. The van der Waals surface area contributed by atoms with E-state index in [0.717, 1.165) is 55.6 Å². The Morgan fingerprint density at radius 1 is 0.536 bits per heavy atom. The molecule has 0 spiro atoms. The summed E-state index contributed by atoms with van der Waals surface area (Å²) in [5.41, 5.74) is 15.1. The average molecular weight is 964 g/mol. The van der Waals surface area contributed by atoms with Crippen LogP contribution in [0.5, 0.6) is 0 Å². The molecule has 0 aliphatic rings. The van der Waals surface area contributed by atoms with Crippen molar-refractivity contribution in [1.82, 2.24) is 9.97 Å². The van der Waals surface area contributed by atoms with Gasteiger partial charge in [0.2, 0.25) is 0 Å². The van der Waals surface area contributed by atoms with Crippen LogP contribution in [-0.4, -0.2) is 23.2 Å². The second-order valence-corrected chi connectivity index (χ2v) is 25.7. The summed E-state index contributed by atoms with van der Waals surface area (Å²) in [6.45, 7) is 4.27. The van der Waals surface area contributed by atoms with Crippen LogP contribution >= 0.6 is 0 Å². The molecule has 0 fully saturated rings. The fourth-order valence-corrected chi connectivity index (χ4v) is 9.20. The number of hydrogen-bond donors (Lipinski definition) is 0. The van der Waals surface area contributed by atoms with E-state index in [9.17, 15) is 0 Å².